The van der Waals surface area contributed by atoms with E-state index in [1.54, 1.807) is 60.7 Å². The number of benzene rings is 4. The molecule has 0 spiro atoms. The molecule has 0 aliphatic carbocycles. The van der Waals surface area contributed by atoms with E-state index in [1.165, 1.54) is 18.2 Å². The summed E-state index contributed by atoms with van der Waals surface area (Å²) in [6, 6.07) is 25.7. The van der Waals surface area contributed by atoms with Crippen LogP contribution in [-0.4, -0.2) is 22.2 Å². The first-order chi connectivity index (χ1) is 15.4. The summed E-state index contributed by atoms with van der Waals surface area (Å²) in [7, 11) is 0. The predicted octanol–water partition coefficient (Wildman–Crippen LogP) is 5.79. The number of rotatable bonds is 6. The van der Waals surface area contributed by atoms with Gasteiger partial charge in [-0.25, -0.2) is 9.59 Å². The summed E-state index contributed by atoms with van der Waals surface area (Å²) in [6.45, 7) is 0. The smallest absolute Gasteiger partial charge is 0.335 e. The van der Waals surface area contributed by atoms with Crippen LogP contribution in [0.5, 0.6) is 11.5 Å². The molecule has 4 rings (SSSR count). The van der Waals surface area contributed by atoms with Gasteiger partial charge < -0.3 is 20.7 Å². The van der Waals surface area contributed by atoms with Crippen LogP contribution in [0, 0.1) is 0 Å². The van der Waals surface area contributed by atoms with Gasteiger partial charge in [0.05, 0.1) is 11.1 Å². The fraction of sp³-hybridized carbons (Fsp3) is 0. The van der Waals surface area contributed by atoms with Crippen molar-refractivity contribution in [1.29, 1.82) is 0 Å². The molecule has 0 heterocycles. The van der Waals surface area contributed by atoms with Crippen molar-refractivity contribution in [1.82, 2.24) is 0 Å². The van der Waals surface area contributed by atoms with Gasteiger partial charge in [-0.15, -0.1) is 0 Å². The van der Waals surface area contributed by atoms with Gasteiger partial charge in [-0.05, 0) is 82.9 Å². The van der Waals surface area contributed by atoms with Crippen molar-refractivity contribution in [2.45, 2.75) is 0 Å². The second-order valence-electron chi connectivity index (χ2n) is 7.14. The molecule has 0 saturated heterocycles. The Morgan fingerprint density at radius 2 is 1.06 bits per heavy atom. The van der Waals surface area contributed by atoms with E-state index in [-0.39, 0.29) is 11.1 Å². The molecule has 6 nitrogen and oxygen atoms in total. The van der Waals surface area contributed by atoms with E-state index in [1.807, 2.05) is 12.1 Å². The number of hydrogen-bond donors (Lipinski definition) is 3. The Balaban J connectivity index is 1.70. The maximum Gasteiger partial charge on any atom is 0.335 e. The van der Waals surface area contributed by atoms with E-state index in [4.69, 9.17) is 15.6 Å². The summed E-state index contributed by atoms with van der Waals surface area (Å²) >= 11 is 0. The summed E-state index contributed by atoms with van der Waals surface area (Å²) in [5.74, 6) is -0.753. The minimum absolute atomic E-state index is 0.160. The average molecular weight is 425 g/mol. The monoisotopic (exact) mass is 425 g/mol. The Bertz CT molecular complexity index is 1280. The summed E-state index contributed by atoms with van der Waals surface area (Å²) < 4.78 is 5.83. The molecule has 32 heavy (non-hydrogen) atoms. The van der Waals surface area contributed by atoms with Crippen LogP contribution in [-0.2, 0) is 0 Å². The number of nitrogens with two attached hydrogens (primary N) is 1. The Morgan fingerprint density at radius 3 is 1.62 bits per heavy atom. The van der Waals surface area contributed by atoms with Gasteiger partial charge in [0, 0.05) is 5.69 Å². The topological polar surface area (TPSA) is 110 Å². The molecule has 0 aliphatic heterocycles. The number of ether oxygens (including phenoxy) is 1. The molecule has 4 aromatic rings. The van der Waals surface area contributed by atoms with Crippen LogP contribution in [0.3, 0.4) is 0 Å². The van der Waals surface area contributed by atoms with Crippen molar-refractivity contribution in [2.75, 3.05) is 5.73 Å². The molecule has 4 aromatic carbocycles. The van der Waals surface area contributed by atoms with Gasteiger partial charge in [0.1, 0.15) is 11.5 Å². The van der Waals surface area contributed by atoms with Crippen molar-refractivity contribution in [3.63, 3.8) is 0 Å². The van der Waals surface area contributed by atoms with Crippen molar-refractivity contribution in [3.05, 3.63) is 102 Å². The van der Waals surface area contributed by atoms with Crippen molar-refractivity contribution in [3.8, 4) is 33.8 Å². The minimum atomic E-state index is -1.03. The average Bonchev–Trinajstić information content (AvgIpc) is 2.81. The number of anilines is 1. The number of carboxylic acid groups (broad SMARTS) is 2. The van der Waals surface area contributed by atoms with Crippen LogP contribution in [0.25, 0.3) is 22.3 Å². The largest absolute Gasteiger partial charge is 0.478 e. The van der Waals surface area contributed by atoms with Gasteiger partial charge in [0.2, 0.25) is 0 Å². The third kappa shape index (κ3) is 4.44. The highest BCUT2D eigenvalue weighted by atomic mass is 16.5. The molecule has 0 amide bonds. The fourth-order valence-electron chi connectivity index (χ4n) is 3.33. The second kappa shape index (κ2) is 8.65. The van der Waals surface area contributed by atoms with Crippen LogP contribution in [0.4, 0.5) is 5.69 Å². The molecule has 6 heteroatoms. The molecule has 0 saturated carbocycles. The molecule has 0 aliphatic rings. The van der Waals surface area contributed by atoms with E-state index >= 15 is 0 Å². The van der Waals surface area contributed by atoms with Gasteiger partial charge in [-0.2, -0.15) is 0 Å². The van der Waals surface area contributed by atoms with Gasteiger partial charge in [0.25, 0.3) is 0 Å². The first-order valence-electron chi connectivity index (χ1n) is 9.75. The molecule has 0 aromatic heterocycles. The summed E-state index contributed by atoms with van der Waals surface area (Å²) in [4.78, 5) is 22.7. The zero-order valence-electron chi connectivity index (χ0n) is 16.9. The highest BCUT2D eigenvalue weighted by molar-refractivity contribution is 5.94. The highest BCUT2D eigenvalue weighted by Crippen LogP contribution is 2.35. The van der Waals surface area contributed by atoms with Crippen LogP contribution >= 0.6 is 0 Å². The van der Waals surface area contributed by atoms with Gasteiger partial charge in [0.15, 0.2) is 0 Å². The number of nitrogen functional groups attached to an aromatic ring is 1. The lowest BCUT2D eigenvalue weighted by molar-refractivity contribution is 0.0686. The number of carbonyl (C=O) groups is 2. The van der Waals surface area contributed by atoms with Crippen molar-refractivity contribution >= 4 is 17.6 Å². The predicted molar refractivity (Wildman–Crippen MR) is 122 cm³/mol. The molecule has 0 unspecified atom stereocenters. The van der Waals surface area contributed by atoms with Crippen LogP contribution in [0.1, 0.15) is 20.7 Å². The summed E-state index contributed by atoms with van der Waals surface area (Å²) in [5.41, 5.74) is 9.78. The molecular formula is C26H19NO5. The fourth-order valence-corrected chi connectivity index (χ4v) is 3.33. The Kier molecular flexibility index (Phi) is 5.59. The van der Waals surface area contributed by atoms with E-state index < -0.39 is 11.9 Å². The lowest BCUT2D eigenvalue weighted by Gasteiger charge is -2.13. The van der Waals surface area contributed by atoms with E-state index in [0.717, 1.165) is 16.7 Å². The molecule has 0 fully saturated rings. The Morgan fingerprint density at radius 1 is 0.594 bits per heavy atom. The Hall–Kier alpha value is -4.58. The van der Waals surface area contributed by atoms with Gasteiger partial charge in [-0.3, -0.25) is 0 Å². The zero-order valence-corrected chi connectivity index (χ0v) is 16.9. The quantitative estimate of drug-likeness (QED) is 0.337. The highest BCUT2D eigenvalue weighted by Gasteiger charge is 2.13. The molecule has 158 valence electrons. The number of aromatic carboxylic acids is 2. The minimum Gasteiger partial charge on any atom is -0.478 e. The second-order valence-corrected chi connectivity index (χ2v) is 7.14. The third-order valence-corrected chi connectivity index (χ3v) is 4.99. The Labute approximate surface area is 184 Å². The summed E-state index contributed by atoms with van der Waals surface area (Å²) in [5, 5.41) is 18.6. The summed E-state index contributed by atoms with van der Waals surface area (Å²) in [6.07, 6.45) is 0. The van der Waals surface area contributed by atoms with Crippen molar-refractivity contribution in [2.24, 2.45) is 0 Å². The van der Waals surface area contributed by atoms with Crippen LogP contribution < -0.4 is 10.5 Å². The van der Waals surface area contributed by atoms with Gasteiger partial charge >= 0.3 is 11.9 Å². The van der Waals surface area contributed by atoms with E-state index in [2.05, 4.69) is 0 Å². The van der Waals surface area contributed by atoms with E-state index in [9.17, 15) is 14.7 Å². The molecule has 0 radical (unpaired) electrons. The van der Waals surface area contributed by atoms with Crippen LogP contribution in [0.2, 0.25) is 0 Å². The molecule has 4 N–H and O–H groups in total. The van der Waals surface area contributed by atoms with Crippen molar-refractivity contribution < 1.29 is 24.5 Å². The molecular weight excluding hydrogens is 406 g/mol. The lowest BCUT2D eigenvalue weighted by atomic mass is 9.92. The zero-order chi connectivity index (χ0) is 22.7. The third-order valence-electron chi connectivity index (χ3n) is 4.99. The maximum atomic E-state index is 11.5. The van der Waals surface area contributed by atoms with E-state index in [0.29, 0.717) is 22.7 Å². The standard InChI is InChI=1S/C26H19NO5/c27-20-8-12-22(13-9-20)32-21-10-5-17(6-11-21)24-15-19(26(30)31)7-14-23(24)16-1-3-18(4-2-16)25(28)29/h1-15H,27H2,(H,28,29)(H,30,31). The molecule has 0 atom stereocenters. The normalized spacial score (nSPS) is 10.5. The number of hydrogen-bond acceptors (Lipinski definition) is 4. The van der Waals surface area contributed by atoms with Gasteiger partial charge in [-0.1, -0.05) is 30.3 Å². The lowest BCUT2D eigenvalue weighted by Crippen LogP contribution is -1.98. The maximum absolute atomic E-state index is 11.5. The molecule has 0 bridgehead atoms. The first-order valence-corrected chi connectivity index (χ1v) is 9.75. The number of carboxylic acids is 2. The van der Waals surface area contributed by atoms with Crippen LogP contribution in [0.15, 0.2) is 91.0 Å². The first kappa shape index (κ1) is 20.7. The SMILES string of the molecule is Nc1ccc(Oc2ccc(-c3cc(C(=O)O)ccc3-c3ccc(C(=O)O)cc3)cc2)cc1.